The maximum absolute atomic E-state index is 12.8. The van der Waals surface area contributed by atoms with E-state index in [0.29, 0.717) is 17.1 Å². The van der Waals surface area contributed by atoms with Crippen molar-refractivity contribution in [2.75, 3.05) is 0 Å². The number of benzene rings is 1. The molecule has 0 aliphatic rings. The number of nitrogens with zero attached hydrogens (tertiary/aromatic N) is 3. The van der Waals surface area contributed by atoms with Crippen LogP contribution in [0.15, 0.2) is 58.5 Å². The molecule has 4 rings (SSSR count). The molecule has 1 aromatic carbocycles. The molecule has 1 N–H and O–H groups in total. The van der Waals surface area contributed by atoms with E-state index in [1.54, 1.807) is 22.2 Å². The van der Waals surface area contributed by atoms with Crippen molar-refractivity contribution in [3.05, 3.63) is 76.9 Å². The number of hydrogen-bond acceptors (Lipinski definition) is 5. The molecule has 0 saturated heterocycles. The Morgan fingerprint density at radius 2 is 2.00 bits per heavy atom. The Morgan fingerprint density at radius 3 is 2.67 bits per heavy atom. The van der Waals surface area contributed by atoms with Gasteiger partial charge in [-0.2, -0.15) is 5.10 Å². The fourth-order valence-corrected chi connectivity index (χ4v) is 3.44. The molecular formula is C20H18N4O2S. The van der Waals surface area contributed by atoms with Gasteiger partial charge in [0.15, 0.2) is 0 Å². The van der Waals surface area contributed by atoms with E-state index in [1.807, 2.05) is 61.7 Å². The molecule has 6 nitrogen and oxygen atoms in total. The SMILES string of the molecule is Cc1nc(CNC(=O)c2cn(-c3ccccc3)nc2-c2cccs2)oc1C. The Labute approximate surface area is 160 Å². The summed E-state index contributed by atoms with van der Waals surface area (Å²) in [5, 5.41) is 9.49. The highest BCUT2D eigenvalue weighted by molar-refractivity contribution is 7.13. The number of amides is 1. The van der Waals surface area contributed by atoms with E-state index in [0.717, 1.165) is 22.0 Å². The molecule has 0 unspecified atom stereocenters. The van der Waals surface area contributed by atoms with Crippen molar-refractivity contribution in [3.8, 4) is 16.3 Å². The van der Waals surface area contributed by atoms with Crippen LogP contribution in [-0.4, -0.2) is 20.7 Å². The van der Waals surface area contributed by atoms with E-state index in [9.17, 15) is 4.79 Å². The highest BCUT2D eigenvalue weighted by Gasteiger charge is 2.20. The Morgan fingerprint density at radius 1 is 1.19 bits per heavy atom. The van der Waals surface area contributed by atoms with Crippen LogP contribution in [0.3, 0.4) is 0 Å². The number of carbonyl (C=O) groups is 1. The van der Waals surface area contributed by atoms with Crippen molar-refractivity contribution in [2.24, 2.45) is 0 Å². The van der Waals surface area contributed by atoms with Gasteiger partial charge in [0.25, 0.3) is 5.91 Å². The van der Waals surface area contributed by atoms with E-state index >= 15 is 0 Å². The van der Waals surface area contributed by atoms with Gasteiger partial charge < -0.3 is 9.73 Å². The van der Waals surface area contributed by atoms with E-state index in [1.165, 1.54) is 0 Å². The minimum Gasteiger partial charge on any atom is -0.444 e. The van der Waals surface area contributed by atoms with Gasteiger partial charge in [-0.1, -0.05) is 24.3 Å². The first-order chi connectivity index (χ1) is 13.1. The fourth-order valence-electron chi connectivity index (χ4n) is 2.71. The standard InChI is InChI=1S/C20H18N4O2S/c1-13-14(2)26-18(22-13)11-21-20(25)16-12-24(15-7-4-3-5-8-15)23-19(16)17-9-6-10-27-17/h3-10,12H,11H2,1-2H3,(H,21,25). The summed E-state index contributed by atoms with van der Waals surface area (Å²) in [5.74, 6) is 1.04. The molecular weight excluding hydrogens is 360 g/mol. The number of hydrogen-bond donors (Lipinski definition) is 1. The first kappa shape index (κ1) is 17.2. The molecule has 3 heterocycles. The molecule has 4 aromatic rings. The molecule has 0 radical (unpaired) electrons. The molecule has 3 aromatic heterocycles. The fraction of sp³-hybridized carbons (Fsp3) is 0.150. The van der Waals surface area contributed by atoms with Gasteiger partial charge in [-0.05, 0) is 37.4 Å². The third kappa shape index (κ3) is 3.54. The largest absolute Gasteiger partial charge is 0.444 e. The minimum atomic E-state index is -0.214. The third-order valence-electron chi connectivity index (χ3n) is 4.21. The van der Waals surface area contributed by atoms with E-state index in [2.05, 4.69) is 15.4 Å². The second-order valence-electron chi connectivity index (χ2n) is 6.08. The zero-order valence-corrected chi connectivity index (χ0v) is 15.8. The lowest BCUT2D eigenvalue weighted by atomic mass is 10.2. The molecule has 0 aliphatic heterocycles. The van der Waals surface area contributed by atoms with Crippen LogP contribution in [0, 0.1) is 13.8 Å². The number of para-hydroxylation sites is 1. The number of nitrogens with one attached hydrogen (secondary N) is 1. The zero-order valence-electron chi connectivity index (χ0n) is 15.0. The van der Waals surface area contributed by atoms with Gasteiger partial charge in [-0.15, -0.1) is 11.3 Å². The molecule has 1 amide bonds. The molecule has 0 bridgehead atoms. The summed E-state index contributed by atoms with van der Waals surface area (Å²) in [7, 11) is 0. The van der Waals surface area contributed by atoms with Crippen molar-refractivity contribution in [1.29, 1.82) is 0 Å². The van der Waals surface area contributed by atoms with Crippen LogP contribution in [0.5, 0.6) is 0 Å². The Hall–Kier alpha value is -3.19. The summed E-state index contributed by atoms with van der Waals surface area (Å²) in [6.07, 6.45) is 1.76. The van der Waals surface area contributed by atoms with Crippen molar-refractivity contribution in [3.63, 3.8) is 0 Å². The minimum absolute atomic E-state index is 0.214. The average Bonchev–Trinajstić information content (AvgIpc) is 3.41. The first-order valence-electron chi connectivity index (χ1n) is 8.52. The van der Waals surface area contributed by atoms with Crippen LogP contribution < -0.4 is 5.32 Å². The van der Waals surface area contributed by atoms with Gasteiger partial charge in [0.1, 0.15) is 11.5 Å². The highest BCUT2D eigenvalue weighted by Crippen LogP contribution is 2.27. The van der Waals surface area contributed by atoms with Crippen molar-refractivity contribution in [2.45, 2.75) is 20.4 Å². The number of carbonyl (C=O) groups excluding carboxylic acids is 1. The van der Waals surface area contributed by atoms with Crippen LogP contribution in [0.4, 0.5) is 0 Å². The summed E-state index contributed by atoms with van der Waals surface area (Å²) in [6.45, 7) is 3.96. The molecule has 0 aliphatic carbocycles. The van der Waals surface area contributed by atoms with Crippen molar-refractivity contribution in [1.82, 2.24) is 20.1 Å². The summed E-state index contributed by atoms with van der Waals surface area (Å²) < 4.78 is 7.26. The van der Waals surface area contributed by atoms with Gasteiger partial charge in [-0.3, -0.25) is 4.79 Å². The van der Waals surface area contributed by atoms with E-state index in [4.69, 9.17) is 4.42 Å². The van der Waals surface area contributed by atoms with E-state index in [-0.39, 0.29) is 12.5 Å². The topological polar surface area (TPSA) is 73.0 Å². The normalized spacial score (nSPS) is 10.9. The van der Waals surface area contributed by atoms with Crippen molar-refractivity contribution >= 4 is 17.2 Å². The number of thiophene rings is 1. The molecule has 0 saturated carbocycles. The summed E-state index contributed by atoms with van der Waals surface area (Å²) in [6, 6.07) is 13.6. The summed E-state index contributed by atoms with van der Waals surface area (Å²) >= 11 is 1.55. The van der Waals surface area contributed by atoms with E-state index < -0.39 is 0 Å². The predicted molar refractivity (Wildman–Crippen MR) is 104 cm³/mol. The molecule has 136 valence electrons. The average molecular weight is 378 g/mol. The lowest BCUT2D eigenvalue weighted by Gasteiger charge is -2.02. The number of aromatic nitrogens is 3. The van der Waals surface area contributed by atoms with Crippen LogP contribution >= 0.6 is 11.3 Å². The summed E-state index contributed by atoms with van der Waals surface area (Å²) in [4.78, 5) is 18.1. The lowest BCUT2D eigenvalue weighted by molar-refractivity contribution is 0.0947. The van der Waals surface area contributed by atoms with Crippen LogP contribution in [0.25, 0.3) is 16.3 Å². The predicted octanol–water partition coefficient (Wildman–Crippen LogP) is 4.14. The number of aryl methyl sites for hydroxylation is 2. The lowest BCUT2D eigenvalue weighted by Crippen LogP contribution is -2.23. The van der Waals surface area contributed by atoms with Gasteiger partial charge in [-0.25, -0.2) is 9.67 Å². The number of oxazole rings is 1. The van der Waals surface area contributed by atoms with Gasteiger partial charge in [0, 0.05) is 6.20 Å². The highest BCUT2D eigenvalue weighted by atomic mass is 32.1. The Kier molecular flexibility index (Phi) is 4.60. The van der Waals surface area contributed by atoms with Gasteiger partial charge >= 0.3 is 0 Å². The molecule has 7 heteroatoms. The summed E-state index contributed by atoms with van der Waals surface area (Å²) in [5.41, 5.74) is 2.90. The number of rotatable bonds is 5. The Balaban J connectivity index is 1.64. The van der Waals surface area contributed by atoms with Crippen LogP contribution in [0.1, 0.15) is 27.7 Å². The molecule has 27 heavy (non-hydrogen) atoms. The first-order valence-corrected chi connectivity index (χ1v) is 9.40. The quantitative estimate of drug-likeness (QED) is 0.567. The van der Waals surface area contributed by atoms with Gasteiger partial charge in [0.2, 0.25) is 5.89 Å². The molecule has 0 spiro atoms. The molecule has 0 fully saturated rings. The van der Waals surface area contributed by atoms with Crippen molar-refractivity contribution < 1.29 is 9.21 Å². The maximum atomic E-state index is 12.8. The second kappa shape index (κ2) is 7.20. The van der Waals surface area contributed by atoms with Gasteiger partial charge in [0.05, 0.1) is 28.4 Å². The molecule has 0 atom stereocenters. The second-order valence-corrected chi connectivity index (χ2v) is 7.03. The third-order valence-corrected chi connectivity index (χ3v) is 5.08. The van der Waals surface area contributed by atoms with Crippen LogP contribution in [-0.2, 0) is 6.54 Å². The Bertz CT molecular complexity index is 1050. The smallest absolute Gasteiger partial charge is 0.255 e. The maximum Gasteiger partial charge on any atom is 0.255 e. The monoisotopic (exact) mass is 378 g/mol. The van der Waals surface area contributed by atoms with Crippen LogP contribution in [0.2, 0.25) is 0 Å². The zero-order chi connectivity index (χ0) is 18.8.